The number of para-hydroxylation sites is 1. The van der Waals surface area contributed by atoms with Gasteiger partial charge in [-0.1, -0.05) is 18.2 Å². The van der Waals surface area contributed by atoms with Crippen LogP contribution in [0.25, 0.3) is 11.0 Å². The van der Waals surface area contributed by atoms with Gasteiger partial charge in [-0.15, -0.1) is 6.58 Å². The lowest BCUT2D eigenvalue weighted by Crippen LogP contribution is -2.07. The molecule has 1 heterocycles. The zero-order valence-electron chi connectivity index (χ0n) is 7.69. The van der Waals surface area contributed by atoms with Gasteiger partial charge in [0.2, 0.25) is 0 Å². The maximum Gasteiger partial charge on any atom is 0.196 e. The van der Waals surface area contributed by atoms with Crippen LogP contribution >= 0.6 is 0 Å². The Kier molecular flexibility index (Phi) is 2.19. The first-order valence-electron chi connectivity index (χ1n) is 4.43. The molecule has 0 aliphatic rings. The number of rotatable bonds is 2. The first-order valence-corrected chi connectivity index (χ1v) is 4.43. The van der Waals surface area contributed by atoms with Crippen LogP contribution in [0, 0.1) is 0 Å². The van der Waals surface area contributed by atoms with Crippen LogP contribution in [-0.4, -0.2) is 0 Å². The Morgan fingerprint density at radius 2 is 2.14 bits per heavy atom. The van der Waals surface area contributed by atoms with Crippen LogP contribution in [0.1, 0.15) is 5.56 Å². The summed E-state index contributed by atoms with van der Waals surface area (Å²) in [4.78, 5) is 11.8. The monoisotopic (exact) mass is 186 g/mol. The molecule has 0 atom stereocenters. The van der Waals surface area contributed by atoms with Gasteiger partial charge in [-0.05, 0) is 18.6 Å². The normalized spacial score (nSPS) is 10.3. The minimum absolute atomic E-state index is 0.0340. The van der Waals surface area contributed by atoms with E-state index in [-0.39, 0.29) is 5.43 Å². The van der Waals surface area contributed by atoms with Gasteiger partial charge >= 0.3 is 0 Å². The highest BCUT2D eigenvalue weighted by Crippen LogP contribution is 2.10. The van der Waals surface area contributed by atoms with Crippen molar-refractivity contribution in [3.63, 3.8) is 0 Å². The summed E-state index contributed by atoms with van der Waals surface area (Å²) in [5, 5.41) is 0.631. The average molecular weight is 186 g/mol. The minimum atomic E-state index is 0.0340. The van der Waals surface area contributed by atoms with Gasteiger partial charge in [0.1, 0.15) is 5.58 Å². The molecule has 0 saturated heterocycles. The molecule has 70 valence electrons. The van der Waals surface area contributed by atoms with E-state index in [4.69, 9.17) is 4.42 Å². The second kappa shape index (κ2) is 3.50. The zero-order chi connectivity index (χ0) is 9.97. The van der Waals surface area contributed by atoms with Crippen LogP contribution in [0.15, 0.2) is 52.4 Å². The summed E-state index contributed by atoms with van der Waals surface area (Å²) < 4.78 is 5.33. The van der Waals surface area contributed by atoms with Crippen molar-refractivity contribution in [3.8, 4) is 0 Å². The van der Waals surface area contributed by atoms with Crippen LogP contribution in [0.3, 0.4) is 0 Å². The largest absolute Gasteiger partial charge is 0.464 e. The maximum absolute atomic E-state index is 11.8. The maximum atomic E-state index is 11.8. The molecule has 2 rings (SSSR count). The highest BCUT2D eigenvalue weighted by atomic mass is 16.3. The number of hydrogen-bond donors (Lipinski definition) is 0. The molecule has 1 aromatic carbocycles. The third-order valence-corrected chi connectivity index (χ3v) is 2.12. The van der Waals surface area contributed by atoms with Gasteiger partial charge in [0.05, 0.1) is 11.6 Å². The molecule has 0 unspecified atom stereocenters. The van der Waals surface area contributed by atoms with E-state index in [1.165, 1.54) is 6.26 Å². The Morgan fingerprint density at radius 1 is 1.36 bits per heavy atom. The van der Waals surface area contributed by atoms with Gasteiger partial charge in [-0.25, -0.2) is 0 Å². The average Bonchev–Trinajstić information content (AvgIpc) is 2.23. The Bertz CT molecular complexity index is 523. The van der Waals surface area contributed by atoms with Crippen molar-refractivity contribution >= 4 is 11.0 Å². The first-order chi connectivity index (χ1) is 6.83. The molecule has 0 amide bonds. The second-order valence-electron chi connectivity index (χ2n) is 3.08. The molecule has 14 heavy (non-hydrogen) atoms. The van der Waals surface area contributed by atoms with E-state index in [9.17, 15) is 4.79 Å². The summed E-state index contributed by atoms with van der Waals surface area (Å²) in [6.07, 6.45) is 3.75. The predicted octanol–water partition coefficient (Wildman–Crippen LogP) is 2.52. The van der Waals surface area contributed by atoms with Crippen molar-refractivity contribution in [1.29, 1.82) is 0 Å². The zero-order valence-corrected chi connectivity index (χ0v) is 7.69. The number of benzene rings is 1. The fourth-order valence-corrected chi connectivity index (χ4v) is 1.41. The van der Waals surface area contributed by atoms with E-state index in [0.717, 1.165) is 0 Å². The number of fused-ring (bicyclic) bond motifs is 1. The summed E-state index contributed by atoms with van der Waals surface area (Å²) in [7, 11) is 0. The topological polar surface area (TPSA) is 30.2 Å². The van der Waals surface area contributed by atoms with Crippen LogP contribution in [0.5, 0.6) is 0 Å². The quantitative estimate of drug-likeness (QED) is 0.674. The highest BCUT2D eigenvalue weighted by molar-refractivity contribution is 5.76. The van der Waals surface area contributed by atoms with E-state index in [2.05, 4.69) is 6.58 Å². The molecule has 0 spiro atoms. The molecular formula is C12H10O2. The molecule has 1 aromatic heterocycles. The van der Waals surface area contributed by atoms with Gasteiger partial charge in [-0.2, -0.15) is 0 Å². The van der Waals surface area contributed by atoms with Crippen molar-refractivity contribution in [2.75, 3.05) is 0 Å². The summed E-state index contributed by atoms with van der Waals surface area (Å²) in [5.41, 5.74) is 1.32. The molecular weight excluding hydrogens is 176 g/mol. The lowest BCUT2D eigenvalue weighted by molar-refractivity contribution is 0.595. The van der Waals surface area contributed by atoms with Crippen molar-refractivity contribution < 1.29 is 4.42 Å². The SMILES string of the molecule is C=CCc1coc2ccccc2c1=O. The Hall–Kier alpha value is -1.83. The van der Waals surface area contributed by atoms with Gasteiger partial charge in [0.15, 0.2) is 5.43 Å². The molecule has 0 aliphatic carbocycles. The molecule has 2 nitrogen and oxygen atoms in total. The van der Waals surface area contributed by atoms with E-state index in [0.29, 0.717) is 23.0 Å². The standard InChI is InChI=1S/C12H10O2/c1-2-5-9-8-14-11-7-4-3-6-10(11)12(9)13/h2-4,6-8H,1,5H2. The summed E-state index contributed by atoms with van der Waals surface area (Å²) in [6, 6.07) is 7.23. The fraction of sp³-hybridized carbons (Fsp3) is 0.0833. The lowest BCUT2D eigenvalue weighted by Gasteiger charge is -1.98. The molecule has 2 heteroatoms. The molecule has 0 N–H and O–H groups in total. The van der Waals surface area contributed by atoms with Crippen LogP contribution in [0.4, 0.5) is 0 Å². The van der Waals surface area contributed by atoms with Crippen LogP contribution in [0.2, 0.25) is 0 Å². The van der Waals surface area contributed by atoms with E-state index >= 15 is 0 Å². The lowest BCUT2D eigenvalue weighted by atomic mass is 10.1. The third-order valence-electron chi connectivity index (χ3n) is 2.12. The molecule has 2 aromatic rings. The van der Waals surface area contributed by atoms with Crippen LogP contribution in [-0.2, 0) is 6.42 Å². The molecule has 0 bridgehead atoms. The summed E-state index contributed by atoms with van der Waals surface area (Å²) >= 11 is 0. The Balaban J connectivity index is 2.75. The third kappa shape index (κ3) is 1.35. The van der Waals surface area contributed by atoms with Gasteiger partial charge in [-0.3, -0.25) is 4.79 Å². The van der Waals surface area contributed by atoms with E-state index < -0.39 is 0 Å². The summed E-state index contributed by atoms with van der Waals surface area (Å²) in [5.74, 6) is 0. The smallest absolute Gasteiger partial charge is 0.196 e. The number of hydrogen-bond acceptors (Lipinski definition) is 2. The van der Waals surface area contributed by atoms with Gasteiger partial charge < -0.3 is 4.42 Å². The first kappa shape index (κ1) is 8.75. The number of allylic oxidation sites excluding steroid dienone is 1. The van der Waals surface area contributed by atoms with Crippen molar-refractivity contribution in [1.82, 2.24) is 0 Å². The second-order valence-corrected chi connectivity index (χ2v) is 3.08. The highest BCUT2D eigenvalue weighted by Gasteiger charge is 2.03. The van der Waals surface area contributed by atoms with Crippen LogP contribution < -0.4 is 5.43 Å². The van der Waals surface area contributed by atoms with Gasteiger partial charge in [0, 0.05) is 5.56 Å². The van der Waals surface area contributed by atoms with Crippen molar-refractivity contribution in [2.24, 2.45) is 0 Å². The molecule has 0 saturated carbocycles. The Morgan fingerprint density at radius 3 is 2.93 bits per heavy atom. The van der Waals surface area contributed by atoms with Crippen molar-refractivity contribution in [3.05, 3.63) is 59.0 Å². The fourth-order valence-electron chi connectivity index (χ4n) is 1.41. The van der Waals surface area contributed by atoms with Crippen molar-refractivity contribution in [2.45, 2.75) is 6.42 Å². The minimum Gasteiger partial charge on any atom is -0.464 e. The van der Waals surface area contributed by atoms with E-state index in [1.54, 1.807) is 18.2 Å². The molecule has 0 fully saturated rings. The molecule has 0 aliphatic heterocycles. The summed E-state index contributed by atoms with van der Waals surface area (Å²) in [6.45, 7) is 3.60. The van der Waals surface area contributed by atoms with Gasteiger partial charge in [0.25, 0.3) is 0 Å². The predicted molar refractivity (Wildman–Crippen MR) is 56.4 cm³/mol. The molecule has 0 radical (unpaired) electrons. The van der Waals surface area contributed by atoms with E-state index in [1.807, 2.05) is 12.1 Å². The Labute approximate surface area is 81.5 Å².